The SMILES string of the molecule is CCn1nccc1C(C)NC(=O)c1ccc(COc2ccc3ccccc3c2)o1. The van der Waals surface area contributed by atoms with E-state index in [1.54, 1.807) is 18.3 Å². The lowest BCUT2D eigenvalue weighted by molar-refractivity contribution is 0.0906. The first kappa shape index (κ1) is 18.8. The van der Waals surface area contributed by atoms with E-state index in [0.717, 1.165) is 28.8 Å². The van der Waals surface area contributed by atoms with Crippen LogP contribution in [0.25, 0.3) is 10.8 Å². The first-order valence-electron chi connectivity index (χ1n) is 9.67. The molecule has 0 bridgehead atoms. The Morgan fingerprint density at radius 3 is 2.79 bits per heavy atom. The predicted molar refractivity (Wildman–Crippen MR) is 111 cm³/mol. The maximum Gasteiger partial charge on any atom is 0.287 e. The van der Waals surface area contributed by atoms with Crippen LogP contribution in [0.2, 0.25) is 0 Å². The van der Waals surface area contributed by atoms with E-state index in [9.17, 15) is 4.79 Å². The van der Waals surface area contributed by atoms with Gasteiger partial charge in [0.05, 0.1) is 11.7 Å². The number of aryl methyl sites for hydroxylation is 1. The van der Waals surface area contributed by atoms with E-state index in [-0.39, 0.29) is 24.3 Å². The monoisotopic (exact) mass is 389 g/mol. The number of carbonyl (C=O) groups is 1. The molecule has 6 heteroatoms. The second-order valence-corrected chi connectivity index (χ2v) is 6.83. The summed E-state index contributed by atoms with van der Waals surface area (Å²) < 4.78 is 13.4. The lowest BCUT2D eigenvalue weighted by atomic mass is 10.1. The van der Waals surface area contributed by atoms with Gasteiger partial charge in [-0.2, -0.15) is 5.10 Å². The molecule has 1 N–H and O–H groups in total. The second kappa shape index (κ2) is 8.22. The number of hydrogen-bond donors (Lipinski definition) is 1. The van der Waals surface area contributed by atoms with Gasteiger partial charge < -0.3 is 14.5 Å². The highest BCUT2D eigenvalue weighted by Gasteiger charge is 2.17. The second-order valence-electron chi connectivity index (χ2n) is 6.83. The first-order chi connectivity index (χ1) is 14.1. The average Bonchev–Trinajstić information content (AvgIpc) is 3.41. The Kier molecular flexibility index (Phi) is 5.33. The van der Waals surface area contributed by atoms with E-state index in [1.807, 2.05) is 61.0 Å². The Balaban J connectivity index is 1.37. The van der Waals surface area contributed by atoms with Crippen LogP contribution in [0.15, 0.2) is 71.3 Å². The zero-order valence-corrected chi connectivity index (χ0v) is 16.5. The summed E-state index contributed by atoms with van der Waals surface area (Å²) in [4.78, 5) is 12.5. The van der Waals surface area contributed by atoms with Crippen molar-refractivity contribution in [1.29, 1.82) is 0 Å². The fraction of sp³-hybridized carbons (Fsp3) is 0.217. The van der Waals surface area contributed by atoms with Gasteiger partial charge in [0.2, 0.25) is 0 Å². The summed E-state index contributed by atoms with van der Waals surface area (Å²) in [6, 6.07) is 19.2. The van der Waals surface area contributed by atoms with E-state index in [0.29, 0.717) is 5.76 Å². The molecular weight excluding hydrogens is 366 g/mol. The summed E-state index contributed by atoms with van der Waals surface area (Å²) in [5, 5.41) is 9.46. The number of ether oxygens (including phenoxy) is 1. The van der Waals surface area contributed by atoms with Gasteiger partial charge in [-0.15, -0.1) is 0 Å². The Hall–Kier alpha value is -3.54. The number of hydrogen-bond acceptors (Lipinski definition) is 4. The summed E-state index contributed by atoms with van der Waals surface area (Å²) in [7, 11) is 0. The number of benzene rings is 2. The third-order valence-electron chi connectivity index (χ3n) is 4.83. The summed E-state index contributed by atoms with van der Waals surface area (Å²) in [5.41, 5.74) is 0.951. The summed E-state index contributed by atoms with van der Waals surface area (Å²) in [6.45, 7) is 4.94. The van der Waals surface area contributed by atoms with Crippen LogP contribution in [-0.2, 0) is 13.2 Å². The van der Waals surface area contributed by atoms with Gasteiger partial charge in [-0.05, 0) is 55.0 Å². The smallest absolute Gasteiger partial charge is 0.287 e. The topological polar surface area (TPSA) is 69.3 Å². The zero-order valence-electron chi connectivity index (χ0n) is 16.5. The van der Waals surface area contributed by atoms with Gasteiger partial charge >= 0.3 is 0 Å². The summed E-state index contributed by atoms with van der Waals surface area (Å²) in [6.07, 6.45) is 1.73. The van der Waals surface area contributed by atoms with Crippen molar-refractivity contribution in [3.05, 3.63) is 84.1 Å². The normalized spacial score (nSPS) is 12.1. The quantitative estimate of drug-likeness (QED) is 0.497. The molecule has 2 aromatic carbocycles. The van der Waals surface area contributed by atoms with Crippen LogP contribution in [0.1, 0.15) is 41.9 Å². The molecule has 29 heavy (non-hydrogen) atoms. The van der Waals surface area contributed by atoms with Crippen molar-refractivity contribution in [2.24, 2.45) is 0 Å². The van der Waals surface area contributed by atoms with Crippen molar-refractivity contribution in [1.82, 2.24) is 15.1 Å². The molecule has 0 saturated heterocycles. The van der Waals surface area contributed by atoms with Crippen molar-refractivity contribution >= 4 is 16.7 Å². The van der Waals surface area contributed by atoms with E-state index in [1.165, 1.54) is 0 Å². The van der Waals surface area contributed by atoms with Crippen LogP contribution in [0.4, 0.5) is 0 Å². The third kappa shape index (κ3) is 4.16. The van der Waals surface area contributed by atoms with Crippen molar-refractivity contribution in [2.45, 2.75) is 33.0 Å². The lowest BCUT2D eigenvalue weighted by Crippen LogP contribution is -2.28. The molecule has 0 saturated carbocycles. The third-order valence-corrected chi connectivity index (χ3v) is 4.83. The maximum atomic E-state index is 12.5. The Morgan fingerprint density at radius 1 is 1.14 bits per heavy atom. The van der Waals surface area contributed by atoms with E-state index >= 15 is 0 Å². The molecule has 0 aliphatic heterocycles. The van der Waals surface area contributed by atoms with Crippen LogP contribution in [-0.4, -0.2) is 15.7 Å². The average molecular weight is 389 g/mol. The predicted octanol–water partition coefficient (Wildman–Crippen LogP) is 4.72. The Bertz CT molecular complexity index is 1130. The number of amides is 1. The van der Waals surface area contributed by atoms with Crippen LogP contribution in [0, 0.1) is 0 Å². The molecular formula is C23H23N3O3. The molecule has 0 aliphatic carbocycles. The van der Waals surface area contributed by atoms with E-state index < -0.39 is 0 Å². The number of nitrogens with one attached hydrogen (secondary N) is 1. The fourth-order valence-electron chi connectivity index (χ4n) is 3.31. The fourth-order valence-corrected chi connectivity index (χ4v) is 3.31. The van der Waals surface area contributed by atoms with Crippen molar-refractivity contribution in [2.75, 3.05) is 0 Å². The van der Waals surface area contributed by atoms with Gasteiger partial charge in [0.1, 0.15) is 18.1 Å². The molecule has 148 valence electrons. The lowest BCUT2D eigenvalue weighted by Gasteiger charge is -2.14. The van der Waals surface area contributed by atoms with Gasteiger partial charge in [0.15, 0.2) is 5.76 Å². The summed E-state index contributed by atoms with van der Waals surface area (Å²) >= 11 is 0. The highest BCUT2D eigenvalue weighted by atomic mass is 16.5. The van der Waals surface area contributed by atoms with Gasteiger partial charge in [0.25, 0.3) is 5.91 Å². The van der Waals surface area contributed by atoms with Gasteiger partial charge in [-0.25, -0.2) is 0 Å². The number of fused-ring (bicyclic) bond motifs is 1. The number of carbonyl (C=O) groups excluding carboxylic acids is 1. The van der Waals surface area contributed by atoms with E-state index in [4.69, 9.17) is 9.15 Å². The van der Waals surface area contributed by atoms with Gasteiger partial charge in [-0.1, -0.05) is 30.3 Å². The van der Waals surface area contributed by atoms with Crippen molar-refractivity contribution < 1.29 is 13.9 Å². The molecule has 4 aromatic rings. The molecule has 0 aliphatic rings. The van der Waals surface area contributed by atoms with Crippen LogP contribution < -0.4 is 10.1 Å². The van der Waals surface area contributed by atoms with E-state index in [2.05, 4.69) is 16.5 Å². The number of aromatic nitrogens is 2. The minimum absolute atomic E-state index is 0.174. The Morgan fingerprint density at radius 2 is 1.97 bits per heavy atom. The van der Waals surface area contributed by atoms with Crippen LogP contribution in [0.3, 0.4) is 0 Å². The number of rotatable bonds is 7. The Labute approximate surface area is 169 Å². The van der Waals surface area contributed by atoms with Gasteiger partial charge in [0, 0.05) is 12.7 Å². The molecule has 0 fully saturated rings. The molecule has 0 radical (unpaired) electrons. The van der Waals surface area contributed by atoms with Gasteiger partial charge in [-0.3, -0.25) is 9.48 Å². The molecule has 2 heterocycles. The van der Waals surface area contributed by atoms with Crippen LogP contribution >= 0.6 is 0 Å². The maximum absolute atomic E-state index is 12.5. The molecule has 1 unspecified atom stereocenters. The summed E-state index contributed by atoms with van der Waals surface area (Å²) in [5.74, 6) is 1.34. The molecule has 4 rings (SSSR count). The van der Waals surface area contributed by atoms with Crippen LogP contribution in [0.5, 0.6) is 5.75 Å². The highest BCUT2D eigenvalue weighted by Crippen LogP contribution is 2.22. The van der Waals surface area contributed by atoms with Crippen molar-refractivity contribution in [3.63, 3.8) is 0 Å². The van der Waals surface area contributed by atoms with Crippen molar-refractivity contribution in [3.8, 4) is 5.75 Å². The standard InChI is InChI=1S/C23H23N3O3/c1-3-26-21(12-13-24-26)16(2)25-23(27)22-11-10-20(29-22)15-28-19-9-8-17-6-4-5-7-18(17)14-19/h4-14,16H,3,15H2,1-2H3,(H,25,27). The zero-order chi connectivity index (χ0) is 20.2. The first-order valence-corrected chi connectivity index (χ1v) is 9.67. The molecule has 1 atom stereocenters. The molecule has 1 amide bonds. The molecule has 0 spiro atoms. The number of nitrogens with zero attached hydrogens (tertiary/aromatic N) is 2. The minimum atomic E-state index is -0.265. The highest BCUT2D eigenvalue weighted by molar-refractivity contribution is 5.91. The number of furan rings is 1. The minimum Gasteiger partial charge on any atom is -0.486 e. The molecule has 2 aromatic heterocycles. The molecule has 6 nitrogen and oxygen atoms in total. The largest absolute Gasteiger partial charge is 0.486 e.